The second-order valence-electron chi connectivity index (χ2n) is 5.31. The first-order chi connectivity index (χ1) is 9.91. The van der Waals surface area contributed by atoms with Crippen molar-refractivity contribution in [1.82, 2.24) is 5.32 Å². The molecule has 2 unspecified atom stereocenters. The molecule has 0 saturated carbocycles. The number of rotatable bonds is 10. The minimum absolute atomic E-state index is 0.445. The van der Waals surface area contributed by atoms with Crippen LogP contribution >= 0.6 is 0 Å². The molecule has 0 fully saturated rings. The molecule has 0 aromatic heterocycles. The Balaban J connectivity index is 5.68. The van der Waals surface area contributed by atoms with E-state index in [4.69, 9.17) is 11.8 Å². The SMILES string of the molecule is CCCC(CC)(NC(CC)(CCC)C(=O)ON)C(=O)ON. The summed E-state index contributed by atoms with van der Waals surface area (Å²) >= 11 is 0. The molecule has 0 aliphatic heterocycles. The topological polar surface area (TPSA) is 117 Å². The van der Waals surface area contributed by atoms with Gasteiger partial charge in [0, 0.05) is 0 Å². The van der Waals surface area contributed by atoms with E-state index >= 15 is 0 Å². The third-order valence-electron chi connectivity index (χ3n) is 4.03. The number of nitrogens with two attached hydrogens (primary N) is 2. The molecule has 0 rings (SSSR count). The van der Waals surface area contributed by atoms with Gasteiger partial charge in [-0.05, 0) is 25.7 Å². The van der Waals surface area contributed by atoms with Gasteiger partial charge >= 0.3 is 11.9 Å². The fourth-order valence-electron chi connectivity index (χ4n) is 2.79. The van der Waals surface area contributed by atoms with Crippen LogP contribution < -0.4 is 17.1 Å². The molecule has 21 heavy (non-hydrogen) atoms. The van der Waals surface area contributed by atoms with Crippen LogP contribution in [0, 0.1) is 0 Å². The number of hydrogen-bond donors (Lipinski definition) is 3. The summed E-state index contributed by atoms with van der Waals surface area (Å²) in [6, 6.07) is 0. The van der Waals surface area contributed by atoms with E-state index in [9.17, 15) is 9.59 Å². The largest absolute Gasteiger partial charge is 0.372 e. The van der Waals surface area contributed by atoms with Crippen LogP contribution in [-0.4, -0.2) is 23.0 Å². The van der Waals surface area contributed by atoms with E-state index in [-0.39, 0.29) is 0 Å². The van der Waals surface area contributed by atoms with Gasteiger partial charge in [0.2, 0.25) is 0 Å². The van der Waals surface area contributed by atoms with Crippen LogP contribution in [0.25, 0.3) is 0 Å². The van der Waals surface area contributed by atoms with E-state index in [0.717, 1.165) is 12.8 Å². The van der Waals surface area contributed by atoms with Crippen molar-refractivity contribution in [2.45, 2.75) is 77.3 Å². The number of hydrogen-bond acceptors (Lipinski definition) is 7. The Morgan fingerprint density at radius 3 is 1.38 bits per heavy atom. The van der Waals surface area contributed by atoms with Gasteiger partial charge in [-0.2, -0.15) is 11.8 Å². The molecule has 124 valence electrons. The van der Waals surface area contributed by atoms with Crippen molar-refractivity contribution < 1.29 is 19.3 Å². The molecule has 0 saturated heterocycles. The molecule has 0 aromatic carbocycles. The van der Waals surface area contributed by atoms with Gasteiger partial charge in [0.1, 0.15) is 11.1 Å². The Hall–Kier alpha value is -1.18. The molecule has 0 spiro atoms. The quantitative estimate of drug-likeness (QED) is 0.521. The Morgan fingerprint density at radius 1 is 0.857 bits per heavy atom. The van der Waals surface area contributed by atoms with Crippen molar-refractivity contribution in [3.8, 4) is 0 Å². The summed E-state index contributed by atoms with van der Waals surface area (Å²) in [4.78, 5) is 33.3. The Morgan fingerprint density at radius 2 is 1.19 bits per heavy atom. The highest BCUT2D eigenvalue weighted by molar-refractivity contribution is 5.85. The van der Waals surface area contributed by atoms with Crippen LogP contribution in [0.3, 0.4) is 0 Å². The summed E-state index contributed by atoms with van der Waals surface area (Å²) in [5, 5.41) is 3.17. The first-order valence-corrected chi connectivity index (χ1v) is 7.53. The van der Waals surface area contributed by atoms with E-state index in [1.807, 2.05) is 27.7 Å². The van der Waals surface area contributed by atoms with Gasteiger partial charge in [0.15, 0.2) is 0 Å². The third-order valence-corrected chi connectivity index (χ3v) is 4.03. The lowest BCUT2D eigenvalue weighted by atomic mass is 9.82. The smallest absolute Gasteiger partial charge is 0.344 e. The van der Waals surface area contributed by atoms with Crippen molar-refractivity contribution in [3.05, 3.63) is 0 Å². The highest BCUT2D eigenvalue weighted by atomic mass is 16.7. The predicted octanol–water partition coefficient (Wildman–Crippen LogP) is 1.31. The maximum Gasteiger partial charge on any atom is 0.344 e. The van der Waals surface area contributed by atoms with E-state index in [1.54, 1.807) is 0 Å². The average Bonchev–Trinajstić information content (AvgIpc) is 2.51. The fraction of sp³-hybridized carbons (Fsp3) is 0.857. The van der Waals surface area contributed by atoms with E-state index in [0.29, 0.717) is 25.7 Å². The second-order valence-corrected chi connectivity index (χ2v) is 5.31. The van der Waals surface area contributed by atoms with Gasteiger partial charge in [0.05, 0.1) is 0 Å². The zero-order chi connectivity index (χ0) is 16.5. The summed E-state index contributed by atoms with van der Waals surface area (Å²) in [6.07, 6.45) is 3.37. The van der Waals surface area contributed by atoms with E-state index in [2.05, 4.69) is 15.0 Å². The highest BCUT2D eigenvalue weighted by Crippen LogP contribution is 2.28. The van der Waals surface area contributed by atoms with E-state index in [1.165, 1.54) is 0 Å². The number of carbonyl (C=O) groups excluding carboxylic acids is 2. The van der Waals surface area contributed by atoms with Crippen LogP contribution in [0.5, 0.6) is 0 Å². The number of carbonyl (C=O) groups is 2. The van der Waals surface area contributed by atoms with Gasteiger partial charge in [-0.1, -0.05) is 40.5 Å². The zero-order valence-electron chi connectivity index (χ0n) is 13.5. The molecule has 7 heteroatoms. The summed E-state index contributed by atoms with van der Waals surface area (Å²) in [5.74, 6) is 9.00. The van der Waals surface area contributed by atoms with Crippen molar-refractivity contribution in [2.24, 2.45) is 11.8 Å². The lowest BCUT2D eigenvalue weighted by molar-refractivity contribution is -0.160. The normalized spacial score (nSPS) is 16.7. The van der Waals surface area contributed by atoms with Gasteiger partial charge in [0.25, 0.3) is 0 Å². The standard InChI is InChI=1S/C14H29N3O4/c1-5-9-13(7-3,11(18)20-15)17-14(8-4,10-6-2)12(19)21-16/h17H,5-10,15-16H2,1-4H3. The van der Waals surface area contributed by atoms with Gasteiger partial charge in [-0.25, -0.2) is 9.59 Å². The number of nitrogens with one attached hydrogen (secondary N) is 1. The molecule has 0 aliphatic rings. The lowest BCUT2D eigenvalue weighted by Crippen LogP contribution is -2.66. The van der Waals surface area contributed by atoms with Crippen molar-refractivity contribution in [1.29, 1.82) is 0 Å². The van der Waals surface area contributed by atoms with Crippen molar-refractivity contribution in [3.63, 3.8) is 0 Å². The minimum atomic E-state index is -1.02. The molecule has 2 atom stereocenters. The first kappa shape index (κ1) is 19.8. The highest BCUT2D eigenvalue weighted by Gasteiger charge is 2.48. The molecule has 7 nitrogen and oxygen atoms in total. The van der Waals surface area contributed by atoms with Gasteiger partial charge in [-0.3, -0.25) is 5.32 Å². The molecule has 0 radical (unpaired) electrons. The van der Waals surface area contributed by atoms with Crippen LogP contribution in [-0.2, 0) is 19.3 Å². The zero-order valence-corrected chi connectivity index (χ0v) is 13.5. The molecular weight excluding hydrogens is 274 g/mol. The maximum absolute atomic E-state index is 12.2. The monoisotopic (exact) mass is 303 g/mol. The Bertz CT molecular complexity index is 319. The molecule has 0 amide bonds. The first-order valence-electron chi connectivity index (χ1n) is 7.53. The van der Waals surface area contributed by atoms with Crippen molar-refractivity contribution >= 4 is 11.9 Å². The summed E-state index contributed by atoms with van der Waals surface area (Å²) < 4.78 is 0. The molecule has 0 heterocycles. The summed E-state index contributed by atoms with van der Waals surface area (Å²) in [5.41, 5.74) is -2.05. The minimum Gasteiger partial charge on any atom is -0.372 e. The van der Waals surface area contributed by atoms with Crippen LogP contribution in [0.2, 0.25) is 0 Å². The summed E-state index contributed by atoms with van der Waals surface area (Å²) in [7, 11) is 0. The maximum atomic E-state index is 12.2. The average molecular weight is 303 g/mol. The van der Waals surface area contributed by atoms with Crippen LogP contribution in [0.4, 0.5) is 0 Å². The summed E-state index contributed by atoms with van der Waals surface area (Å²) in [6.45, 7) is 7.59. The third kappa shape index (κ3) is 4.39. The molecule has 0 aliphatic carbocycles. The molecule has 0 bridgehead atoms. The molecule has 0 aromatic rings. The van der Waals surface area contributed by atoms with Crippen molar-refractivity contribution in [2.75, 3.05) is 0 Å². The molecular formula is C14H29N3O4. The van der Waals surface area contributed by atoms with Gasteiger partial charge in [-0.15, -0.1) is 0 Å². The Kier molecular flexibility index (Phi) is 8.46. The van der Waals surface area contributed by atoms with Crippen LogP contribution in [0.1, 0.15) is 66.2 Å². The predicted molar refractivity (Wildman–Crippen MR) is 79.6 cm³/mol. The second kappa shape index (κ2) is 8.96. The lowest BCUT2D eigenvalue weighted by Gasteiger charge is -2.40. The van der Waals surface area contributed by atoms with Crippen LogP contribution in [0.15, 0.2) is 0 Å². The van der Waals surface area contributed by atoms with Gasteiger partial charge < -0.3 is 9.68 Å². The molecule has 5 N–H and O–H groups in total. The fourth-order valence-corrected chi connectivity index (χ4v) is 2.79. The Labute approximate surface area is 126 Å². The van der Waals surface area contributed by atoms with E-state index < -0.39 is 23.0 Å².